The summed E-state index contributed by atoms with van der Waals surface area (Å²) >= 11 is 1.38. The molecule has 0 spiro atoms. The summed E-state index contributed by atoms with van der Waals surface area (Å²) in [7, 11) is 0. The fourth-order valence-corrected chi connectivity index (χ4v) is 7.09. The minimum absolute atomic E-state index is 0.0587. The molecule has 22 heteroatoms. The molecule has 0 saturated carbocycles. The highest BCUT2D eigenvalue weighted by Crippen LogP contribution is 2.12. The molecule has 0 aliphatic carbocycles. The SMILES string of the molecule is CSCCC(NC(=O)C(CCCCN)NC(=O)C(CCCCN)NC(=O)C(CCCCN)NC(=O)C1CCCN1)C(=O)NC(CCC(=O)O)C(=O)NC(CCCCN)C(=O)O. The number of hydrogen-bond acceptors (Lipinski definition) is 14. The summed E-state index contributed by atoms with van der Waals surface area (Å²) in [5.41, 5.74) is 22.6. The molecule has 6 amide bonds. The Hall–Kier alpha value is -4.09. The van der Waals surface area contributed by atoms with Gasteiger partial charge in [-0.2, -0.15) is 11.8 Å². The van der Waals surface area contributed by atoms with E-state index >= 15 is 0 Å². The average Bonchev–Trinajstić information content (AvgIpc) is 3.78. The highest BCUT2D eigenvalue weighted by molar-refractivity contribution is 7.98. The molecule has 21 nitrogen and oxygen atoms in total. The fraction of sp³-hybridized carbons (Fsp3) is 0.795. The van der Waals surface area contributed by atoms with E-state index in [1.54, 1.807) is 6.26 Å². The van der Waals surface area contributed by atoms with Crippen molar-refractivity contribution in [2.24, 2.45) is 22.9 Å². The summed E-state index contributed by atoms with van der Waals surface area (Å²) < 4.78 is 0. The first-order chi connectivity index (χ1) is 29.2. The van der Waals surface area contributed by atoms with Crippen molar-refractivity contribution in [3.63, 3.8) is 0 Å². The molecule has 0 aromatic rings. The molecule has 0 aromatic carbocycles. The van der Waals surface area contributed by atoms with Gasteiger partial charge in [0.25, 0.3) is 0 Å². The van der Waals surface area contributed by atoms with Crippen LogP contribution in [-0.2, 0) is 38.4 Å². The van der Waals surface area contributed by atoms with Crippen molar-refractivity contribution in [2.75, 3.05) is 44.7 Å². The third-order valence-electron chi connectivity index (χ3n) is 10.2. The van der Waals surface area contributed by atoms with E-state index in [2.05, 4.69) is 37.2 Å². The molecular formula is C39H73N11O10S. The molecule has 0 radical (unpaired) electrons. The number of carbonyl (C=O) groups excluding carboxylic acids is 6. The van der Waals surface area contributed by atoms with Crippen LogP contribution in [0.2, 0.25) is 0 Å². The van der Waals surface area contributed by atoms with E-state index in [4.69, 9.17) is 22.9 Å². The highest BCUT2D eigenvalue weighted by Gasteiger charge is 2.34. The zero-order valence-electron chi connectivity index (χ0n) is 35.7. The normalized spacial score (nSPS) is 16.5. The first-order valence-electron chi connectivity index (χ1n) is 21.5. The smallest absolute Gasteiger partial charge is 0.326 e. The first-order valence-corrected chi connectivity index (χ1v) is 22.9. The number of unbranched alkanes of at least 4 members (excludes halogenated alkanes) is 4. The van der Waals surface area contributed by atoms with Crippen LogP contribution in [0.15, 0.2) is 0 Å². The maximum absolute atomic E-state index is 14.0. The Kier molecular flexibility index (Phi) is 29.4. The van der Waals surface area contributed by atoms with Gasteiger partial charge in [0.15, 0.2) is 0 Å². The average molecular weight is 888 g/mol. The van der Waals surface area contributed by atoms with E-state index in [0.717, 1.165) is 6.42 Å². The number of rotatable bonds is 35. The van der Waals surface area contributed by atoms with Crippen LogP contribution in [0.4, 0.5) is 0 Å². The fourth-order valence-electron chi connectivity index (χ4n) is 6.62. The van der Waals surface area contributed by atoms with E-state index in [-0.39, 0.29) is 44.4 Å². The lowest BCUT2D eigenvalue weighted by Crippen LogP contribution is -2.59. The van der Waals surface area contributed by atoms with Crippen molar-refractivity contribution in [3.8, 4) is 0 Å². The molecule has 0 aromatic heterocycles. The van der Waals surface area contributed by atoms with Crippen LogP contribution in [-0.4, -0.2) is 145 Å². The van der Waals surface area contributed by atoms with Crippen LogP contribution in [0.3, 0.4) is 0 Å². The van der Waals surface area contributed by atoms with Crippen LogP contribution >= 0.6 is 11.8 Å². The van der Waals surface area contributed by atoms with Crippen molar-refractivity contribution in [1.82, 2.24) is 37.2 Å². The quantitative estimate of drug-likeness (QED) is 0.0302. The number of thioether (sulfide) groups is 1. The van der Waals surface area contributed by atoms with Gasteiger partial charge in [-0.25, -0.2) is 4.79 Å². The van der Waals surface area contributed by atoms with Gasteiger partial charge >= 0.3 is 11.9 Å². The standard InChI is InChI=1S/C39H73N11O10S/c1-61-24-18-30(38(58)48-29(16-17-32(51)52)37(57)50-31(39(59)60)14-5-9-22-43)49-36(56)28(13-4-8-21-42)47-35(55)27(12-3-7-20-41)46-34(54)26(11-2-6-19-40)45-33(53)25-15-10-23-44-25/h25-31,44H,2-24,40-43H2,1H3,(H,45,53)(H,46,54)(H,47,55)(H,48,58)(H,49,56)(H,50,57)(H,51,52)(H,59,60). The predicted octanol–water partition coefficient (Wildman–Crippen LogP) is -2.13. The Bertz CT molecular complexity index is 1380. The van der Waals surface area contributed by atoms with Crippen LogP contribution in [0, 0.1) is 0 Å². The highest BCUT2D eigenvalue weighted by atomic mass is 32.2. The summed E-state index contributed by atoms with van der Waals surface area (Å²) in [5, 5.41) is 38.1. The number of hydrogen-bond donors (Lipinski definition) is 13. The lowest BCUT2D eigenvalue weighted by atomic mass is 10.0. The first kappa shape index (κ1) is 54.9. The van der Waals surface area contributed by atoms with Gasteiger partial charge in [0.2, 0.25) is 35.4 Å². The Labute approximate surface area is 363 Å². The van der Waals surface area contributed by atoms with Crippen LogP contribution in [0.1, 0.15) is 109 Å². The molecule has 1 saturated heterocycles. The minimum atomic E-state index is -1.45. The molecular weight excluding hydrogens is 815 g/mol. The van der Waals surface area contributed by atoms with Gasteiger partial charge < -0.3 is 70.4 Å². The second kappa shape index (κ2) is 32.6. The molecule has 1 fully saturated rings. The van der Waals surface area contributed by atoms with E-state index in [1.165, 1.54) is 11.8 Å². The molecule has 0 bridgehead atoms. The summed E-state index contributed by atoms with van der Waals surface area (Å²) in [4.78, 5) is 105. The zero-order valence-corrected chi connectivity index (χ0v) is 36.5. The van der Waals surface area contributed by atoms with E-state index in [0.29, 0.717) is 96.3 Å². The van der Waals surface area contributed by atoms with E-state index in [9.17, 15) is 48.6 Å². The van der Waals surface area contributed by atoms with E-state index < -0.39 is 90.2 Å². The molecule has 350 valence electrons. The van der Waals surface area contributed by atoms with Crippen molar-refractivity contribution in [3.05, 3.63) is 0 Å². The summed E-state index contributed by atoms with van der Waals surface area (Å²) in [6.07, 6.45) is 7.09. The number of nitrogens with one attached hydrogen (secondary N) is 7. The maximum atomic E-state index is 14.0. The van der Waals surface area contributed by atoms with Crippen molar-refractivity contribution < 1.29 is 48.6 Å². The molecule has 7 atom stereocenters. The molecule has 7 unspecified atom stereocenters. The largest absolute Gasteiger partial charge is 0.481 e. The summed E-state index contributed by atoms with van der Waals surface area (Å²) in [6, 6.07) is -7.70. The number of carbonyl (C=O) groups is 8. The van der Waals surface area contributed by atoms with Gasteiger partial charge in [-0.1, -0.05) is 0 Å². The van der Waals surface area contributed by atoms with Crippen molar-refractivity contribution >= 4 is 59.1 Å². The van der Waals surface area contributed by atoms with Crippen molar-refractivity contribution in [2.45, 2.75) is 151 Å². The van der Waals surface area contributed by atoms with Gasteiger partial charge in [-0.05, 0) is 147 Å². The monoisotopic (exact) mass is 888 g/mol. The molecule has 1 heterocycles. The number of aliphatic carboxylic acids is 2. The van der Waals surface area contributed by atoms with Crippen molar-refractivity contribution in [1.29, 1.82) is 0 Å². The summed E-state index contributed by atoms with van der Waals surface area (Å²) in [6.45, 7) is 2.05. The lowest BCUT2D eigenvalue weighted by Gasteiger charge is -2.28. The third kappa shape index (κ3) is 23.1. The molecule has 1 aliphatic heterocycles. The number of amides is 6. The Morgan fingerprint density at radius 2 is 0.902 bits per heavy atom. The molecule has 17 N–H and O–H groups in total. The van der Waals surface area contributed by atoms with Crippen LogP contribution < -0.4 is 60.2 Å². The van der Waals surface area contributed by atoms with Gasteiger partial charge in [-0.3, -0.25) is 33.6 Å². The Balaban J connectivity index is 3.33. The predicted molar refractivity (Wildman–Crippen MR) is 232 cm³/mol. The van der Waals surface area contributed by atoms with Crippen LogP contribution in [0.5, 0.6) is 0 Å². The second-order valence-corrected chi connectivity index (χ2v) is 16.2. The van der Waals surface area contributed by atoms with Gasteiger partial charge in [0.05, 0.1) is 6.04 Å². The zero-order chi connectivity index (χ0) is 45.6. The second-order valence-electron chi connectivity index (χ2n) is 15.2. The number of carboxylic acids is 2. The van der Waals surface area contributed by atoms with Gasteiger partial charge in [0, 0.05) is 6.42 Å². The van der Waals surface area contributed by atoms with E-state index in [1.807, 2.05) is 0 Å². The topological polar surface area (TPSA) is 365 Å². The summed E-state index contributed by atoms with van der Waals surface area (Å²) in [5.74, 6) is -6.19. The third-order valence-corrected chi connectivity index (χ3v) is 10.8. The van der Waals surface area contributed by atoms with Crippen LogP contribution in [0.25, 0.3) is 0 Å². The lowest BCUT2D eigenvalue weighted by molar-refractivity contribution is -0.143. The molecule has 1 aliphatic rings. The maximum Gasteiger partial charge on any atom is 0.326 e. The minimum Gasteiger partial charge on any atom is -0.481 e. The Morgan fingerprint density at radius 1 is 0.541 bits per heavy atom. The van der Waals surface area contributed by atoms with Gasteiger partial charge in [0.1, 0.15) is 36.3 Å². The van der Waals surface area contributed by atoms with Gasteiger partial charge in [-0.15, -0.1) is 0 Å². The number of nitrogens with two attached hydrogens (primary N) is 4. The Morgan fingerprint density at radius 3 is 1.25 bits per heavy atom. The molecule has 61 heavy (non-hydrogen) atoms. The number of carboxylic acid groups (broad SMARTS) is 2. The molecule has 1 rings (SSSR count).